The molecule has 2 amide bonds. The Morgan fingerprint density at radius 3 is 2.52 bits per heavy atom. The molecule has 0 unspecified atom stereocenters. The molecule has 1 saturated heterocycles. The molecular formula is C25H27BrN4O. The Morgan fingerprint density at radius 1 is 1.06 bits per heavy atom. The molecule has 31 heavy (non-hydrogen) atoms. The standard InChI is InChI=1S/C25H27BrN4O/c1-3-30-22-17-18(2)6-11-21(22)29-14-4-5-23(29)25(30)12-15-28(16-13-25)24(31)27-20-9-7-19(26)8-10-20/h4-11,14,17H,3,12-13,15-16H2,1-2H3,(H,27,31). The molecule has 5 nitrogen and oxygen atoms in total. The molecule has 5 rings (SSSR count). The maximum absolute atomic E-state index is 12.9. The quantitative estimate of drug-likeness (QED) is 0.497. The number of rotatable bonds is 2. The van der Waals surface area contributed by atoms with Crippen LogP contribution in [0.5, 0.6) is 0 Å². The van der Waals surface area contributed by atoms with Gasteiger partial charge < -0.3 is 19.7 Å². The minimum atomic E-state index is -0.0898. The first-order valence-electron chi connectivity index (χ1n) is 10.9. The van der Waals surface area contributed by atoms with Gasteiger partial charge in [0.15, 0.2) is 0 Å². The Balaban J connectivity index is 1.41. The predicted molar refractivity (Wildman–Crippen MR) is 129 cm³/mol. The van der Waals surface area contributed by atoms with Crippen LogP contribution < -0.4 is 10.2 Å². The molecule has 1 N–H and O–H groups in total. The maximum atomic E-state index is 12.9. The van der Waals surface area contributed by atoms with Gasteiger partial charge in [0.1, 0.15) is 0 Å². The van der Waals surface area contributed by atoms with Gasteiger partial charge in [0, 0.05) is 41.7 Å². The fourth-order valence-electron chi connectivity index (χ4n) is 5.21. The highest BCUT2D eigenvalue weighted by Gasteiger charge is 2.46. The first kappa shape index (κ1) is 20.2. The fraction of sp³-hybridized carbons (Fsp3) is 0.320. The summed E-state index contributed by atoms with van der Waals surface area (Å²) in [6.45, 7) is 6.78. The van der Waals surface area contributed by atoms with E-state index in [1.807, 2.05) is 29.2 Å². The van der Waals surface area contributed by atoms with Crippen molar-refractivity contribution in [1.82, 2.24) is 9.47 Å². The van der Waals surface area contributed by atoms with Crippen LogP contribution in [0.25, 0.3) is 5.69 Å². The average Bonchev–Trinajstić information content (AvgIpc) is 3.27. The average molecular weight is 479 g/mol. The van der Waals surface area contributed by atoms with Crippen molar-refractivity contribution in [2.45, 2.75) is 32.2 Å². The number of hydrogen-bond acceptors (Lipinski definition) is 2. The van der Waals surface area contributed by atoms with Crippen LogP contribution in [0.4, 0.5) is 16.2 Å². The van der Waals surface area contributed by atoms with Gasteiger partial charge in [0.2, 0.25) is 0 Å². The number of hydrogen-bond donors (Lipinski definition) is 1. The molecule has 1 aromatic heterocycles. The molecular weight excluding hydrogens is 452 g/mol. The highest BCUT2D eigenvalue weighted by molar-refractivity contribution is 9.10. The number of piperidine rings is 1. The number of fused-ring (bicyclic) bond motifs is 4. The summed E-state index contributed by atoms with van der Waals surface area (Å²) in [5.74, 6) is 0. The monoisotopic (exact) mass is 478 g/mol. The Hall–Kier alpha value is -2.73. The topological polar surface area (TPSA) is 40.5 Å². The van der Waals surface area contributed by atoms with Crippen LogP contribution in [-0.2, 0) is 5.54 Å². The summed E-state index contributed by atoms with van der Waals surface area (Å²) < 4.78 is 3.35. The highest BCUT2D eigenvalue weighted by atomic mass is 79.9. The normalized spacial score (nSPS) is 16.7. The zero-order valence-corrected chi connectivity index (χ0v) is 19.5. The minimum absolute atomic E-state index is 0.0253. The number of nitrogens with one attached hydrogen (secondary N) is 1. The zero-order chi connectivity index (χ0) is 21.6. The second-order valence-electron chi connectivity index (χ2n) is 8.46. The SMILES string of the molecule is CCN1c2cc(C)ccc2-n2cccc2C12CCN(C(=O)Nc1ccc(Br)cc1)CC2. The van der Waals surface area contributed by atoms with Crippen LogP contribution in [0.3, 0.4) is 0 Å². The number of urea groups is 1. The van der Waals surface area contributed by atoms with E-state index in [2.05, 4.69) is 81.1 Å². The van der Waals surface area contributed by atoms with Crippen LogP contribution in [0, 0.1) is 6.92 Å². The van der Waals surface area contributed by atoms with E-state index in [0.29, 0.717) is 0 Å². The van der Waals surface area contributed by atoms with Crippen LogP contribution in [0.1, 0.15) is 31.0 Å². The van der Waals surface area contributed by atoms with Gasteiger partial charge in [-0.3, -0.25) is 0 Å². The number of aromatic nitrogens is 1. The molecule has 2 aliphatic heterocycles. The molecule has 2 aromatic carbocycles. The molecule has 3 heterocycles. The second-order valence-corrected chi connectivity index (χ2v) is 9.37. The smallest absolute Gasteiger partial charge is 0.321 e. The highest BCUT2D eigenvalue weighted by Crippen LogP contribution is 2.48. The summed E-state index contributed by atoms with van der Waals surface area (Å²) >= 11 is 3.44. The van der Waals surface area contributed by atoms with Gasteiger partial charge in [-0.2, -0.15) is 0 Å². The van der Waals surface area contributed by atoms with Crippen LogP contribution in [0.15, 0.2) is 65.3 Å². The summed E-state index contributed by atoms with van der Waals surface area (Å²) in [4.78, 5) is 17.4. The lowest BCUT2D eigenvalue weighted by Gasteiger charge is -2.53. The fourth-order valence-corrected chi connectivity index (χ4v) is 5.47. The van der Waals surface area contributed by atoms with Crippen molar-refractivity contribution in [2.75, 3.05) is 29.9 Å². The summed E-state index contributed by atoms with van der Waals surface area (Å²) in [5, 5.41) is 3.04. The number of halogens is 1. The number of likely N-dealkylation sites (tertiary alicyclic amines) is 1. The molecule has 0 saturated carbocycles. The number of amides is 2. The third kappa shape index (κ3) is 3.33. The summed E-state index contributed by atoms with van der Waals surface area (Å²) in [5.41, 5.74) is 5.87. The van der Waals surface area contributed by atoms with E-state index < -0.39 is 0 Å². The largest absolute Gasteiger partial charge is 0.359 e. The van der Waals surface area contributed by atoms with Gasteiger partial charge in [-0.1, -0.05) is 22.0 Å². The van der Waals surface area contributed by atoms with Gasteiger partial charge in [-0.15, -0.1) is 0 Å². The van der Waals surface area contributed by atoms with E-state index in [1.165, 1.54) is 22.6 Å². The number of aryl methyl sites for hydroxylation is 1. The van der Waals surface area contributed by atoms with Gasteiger partial charge in [0.05, 0.1) is 16.9 Å². The van der Waals surface area contributed by atoms with E-state index in [-0.39, 0.29) is 11.6 Å². The Morgan fingerprint density at radius 2 is 1.81 bits per heavy atom. The first-order valence-corrected chi connectivity index (χ1v) is 11.7. The van der Waals surface area contributed by atoms with Crippen molar-refractivity contribution < 1.29 is 4.79 Å². The van der Waals surface area contributed by atoms with E-state index in [9.17, 15) is 4.79 Å². The van der Waals surface area contributed by atoms with Gasteiger partial charge in [-0.05, 0) is 80.8 Å². The summed E-state index contributed by atoms with van der Waals surface area (Å²) in [6.07, 6.45) is 3.99. The number of carbonyl (C=O) groups excluding carboxylic acids is 1. The third-order valence-electron chi connectivity index (χ3n) is 6.71. The van der Waals surface area contributed by atoms with E-state index in [0.717, 1.165) is 42.6 Å². The number of nitrogens with zero attached hydrogens (tertiary/aromatic N) is 3. The van der Waals surface area contributed by atoms with Crippen molar-refractivity contribution in [3.8, 4) is 5.69 Å². The van der Waals surface area contributed by atoms with Crippen LogP contribution in [0.2, 0.25) is 0 Å². The zero-order valence-electron chi connectivity index (χ0n) is 17.9. The summed E-state index contributed by atoms with van der Waals surface area (Å²) in [6, 6.07) is 18.8. The lowest BCUT2D eigenvalue weighted by molar-refractivity contribution is 0.161. The van der Waals surface area contributed by atoms with Gasteiger partial charge >= 0.3 is 6.03 Å². The van der Waals surface area contributed by atoms with Gasteiger partial charge in [0.25, 0.3) is 0 Å². The molecule has 1 spiro atoms. The number of carbonyl (C=O) groups is 1. The summed E-state index contributed by atoms with van der Waals surface area (Å²) in [7, 11) is 0. The number of anilines is 2. The van der Waals surface area contributed by atoms with E-state index >= 15 is 0 Å². The molecule has 1 fully saturated rings. The predicted octanol–water partition coefficient (Wildman–Crippen LogP) is 5.91. The van der Waals surface area contributed by atoms with Crippen molar-refractivity contribution in [1.29, 1.82) is 0 Å². The lowest BCUT2D eigenvalue weighted by Crippen LogP contribution is -2.57. The Labute approximate surface area is 191 Å². The maximum Gasteiger partial charge on any atom is 0.321 e. The molecule has 3 aromatic rings. The van der Waals surface area contributed by atoms with Crippen LogP contribution in [-0.4, -0.2) is 35.1 Å². The van der Waals surface area contributed by atoms with Crippen molar-refractivity contribution >= 4 is 33.3 Å². The molecule has 0 atom stereocenters. The first-order chi connectivity index (χ1) is 15.0. The third-order valence-corrected chi connectivity index (χ3v) is 7.24. The lowest BCUT2D eigenvalue weighted by atomic mass is 9.80. The Bertz CT molecular complexity index is 1110. The van der Waals surface area contributed by atoms with Crippen molar-refractivity contribution in [3.63, 3.8) is 0 Å². The molecule has 0 radical (unpaired) electrons. The van der Waals surface area contributed by atoms with Gasteiger partial charge in [-0.25, -0.2) is 4.79 Å². The van der Waals surface area contributed by atoms with E-state index in [1.54, 1.807) is 0 Å². The molecule has 2 aliphatic rings. The Kier molecular flexibility index (Phi) is 5.05. The minimum Gasteiger partial charge on any atom is -0.359 e. The molecule has 0 bridgehead atoms. The number of benzene rings is 2. The van der Waals surface area contributed by atoms with Crippen molar-refractivity contribution in [3.05, 3.63) is 76.5 Å². The van der Waals surface area contributed by atoms with E-state index in [4.69, 9.17) is 0 Å². The van der Waals surface area contributed by atoms with Crippen LogP contribution >= 0.6 is 15.9 Å². The second kappa shape index (κ2) is 7.75. The molecule has 6 heteroatoms. The molecule has 160 valence electrons. The molecule has 0 aliphatic carbocycles. The van der Waals surface area contributed by atoms with Crippen molar-refractivity contribution in [2.24, 2.45) is 0 Å².